The van der Waals surface area contributed by atoms with Crippen LogP contribution in [0.15, 0.2) is 6.20 Å². The summed E-state index contributed by atoms with van der Waals surface area (Å²) in [5, 5.41) is 8.43. The summed E-state index contributed by atoms with van der Waals surface area (Å²) in [5.41, 5.74) is 0.825. The molecular formula is C11H17N5O. The fourth-order valence-electron chi connectivity index (χ4n) is 1.64. The van der Waals surface area contributed by atoms with E-state index in [-0.39, 0.29) is 0 Å². The Morgan fingerprint density at radius 3 is 2.94 bits per heavy atom. The number of fused-ring (bicyclic) bond motifs is 1. The van der Waals surface area contributed by atoms with Crippen molar-refractivity contribution in [3.63, 3.8) is 0 Å². The van der Waals surface area contributed by atoms with Gasteiger partial charge in [-0.3, -0.25) is 4.68 Å². The Balaban J connectivity index is 2.46. The number of rotatable bonds is 5. The van der Waals surface area contributed by atoms with Gasteiger partial charge in [0.1, 0.15) is 12.4 Å². The van der Waals surface area contributed by atoms with Gasteiger partial charge < -0.3 is 10.1 Å². The van der Waals surface area contributed by atoms with E-state index in [1.807, 2.05) is 7.05 Å². The van der Waals surface area contributed by atoms with Crippen molar-refractivity contribution in [1.82, 2.24) is 19.7 Å². The molecule has 92 valence electrons. The quantitative estimate of drug-likeness (QED) is 0.847. The third-order valence-electron chi connectivity index (χ3n) is 2.45. The number of ether oxygens (including phenoxy) is 1. The second-order valence-corrected chi connectivity index (χ2v) is 3.85. The van der Waals surface area contributed by atoms with Crippen LogP contribution in [0.3, 0.4) is 0 Å². The van der Waals surface area contributed by atoms with Crippen molar-refractivity contribution in [1.29, 1.82) is 0 Å². The van der Waals surface area contributed by atoms with Crippen LogP contribution in [0.2, 0.25) is 0 Å². The van der Waals surface area contributed by atoms with Crippen LogP contribution < -0.4 is 5.32 Å². The summed E-state index contributed by atoms with van der Waals surface area (Å²) in [6.45, 7) is 3.40. The van der Waals surface area contributed by atoms with Gasteiger partial charge in [0.05, 0.1) is 11.6 Å². The van der Waals surface area contributed by atoms with Gasteiger partial charge in [-0.05, 0) is 6.42 Å². The number of hydrogen-bond donors (Lipinski definition) is 1. The van der Waals surface area contributed by atoms with Crippen molar-refractivity contribution < 1.29 is 4.74 Å². The lowest BCUT2D eigenvalue weighted by molar-refractivity contribution is 0.178. The monoisotopic (exact) mass is 235 g/mol. The van der Waals surface area contributed by atoms with Crippen LogP contribution in [0.4, 0.5) is 5.82 Å². The molecule has 17 heavy (non-hydrogen) atoms. The molecule has 2 aromatic heterocycles. The van der Waals surface area contributed by atoms with Crippen molar-refractivity contribution in [3.8, 4) is 0 Å². The topological polar surface area (TPSA) is 64.9 Å². The molecule has 0 unspecified atom stereocenters. The zero-order chi connectivity index (χ0) is 12.3. The van der Waals surface area contributed by atoms with Gasteiger partial charge in [-0.15, -0.1) is 0 Å². The third kappa shape index (κ3) is 2.36. The van der Waals surface area contributed by atoms with Crippen molar-refractivity contribution in [2.45, 2.75) is 20.0 Å². The highest BCUT2D eigenvalue weighted by molar-refractivity contribution is 5.86. The molecule has 0 aromatic carbocycles. The second-order valence-electron chi connectivity index (χ2n) is 3.85. The maximum atomic E-state index is 5.07. The molecule has 0 aliphatic heterocycles. The Bertz CT molecular complexity index is 508. The number of hydrogen-bond acceptors (Lipinski definition) is 5. The first-order chi connectivity index (χ1) is 8.26. The smallest absolute Gasteiger partial charge is 0.163 e. The molecule has 0 atom stereocenters. The van der Waals surface area contributed by atoms with E-state index in [1.54, 1.807) is 18.0 Å². The molecular weight excluding hydrogens is 218 g/mol. The van der Waals surface area contributed by atoms with Gasteiger partial charge in [-0.25, -0.2) is 9.97 Å². The fraction of sp³-hybridized carbons (Fsp3) is 0.545. The number of anilines is 1. The summed E-state index contributed by atoms with van der Waals surface area (Å²) in [7, 11) is 3.51. The van der Waals surface area contributed by atoms with E-state index in [0.717, 1.165) is 29.8 Å². The highest BCUT2D eigenvalue weighted by Gasteiger charge is 2.10. The van der Waals surface area contributed by atoms with Gasteiger partial charge in [0.25, 0.3) is 0 Å². The minimum Gasteiger partial charge on any atom is -0.377 e. The Hall–Kier alpha value is -1.69. The summed E-state index contributed by atoms with van der Waals surface area (Å²) < 4.78 is 6.81. The molecule has 0 saturated carbocycles. The zero-order valence-electron chi connectivity index (χ0n) is 10.4. The molecule has 0 amide bonds. The molecule has 6 heteroatoms. The Morgan fingerprint density at radius 2 is 2.24 bits per heavy atom. The first-order valence-electron chi connectivity index (χ1n) is 5.67. The van der Waals surface area contributed by atoms with Crippen LogP contribution in [0.1, 0.15) is 19.2 Å². The number of aryl methyl sites for hydroxylation is 1. The van der Waals surface area contributed by atoms with E-state index in [9.17, 15) is 0 Å². The number of nitrogens with zero attached hydrogens (tertiary/aromatic N) is 4. The normalized spacial score (nSPS) is 11.0. The molecule has 0 spiro atoms. The van der Waals surface area contributed by atoms with Gasteiger partial charge in [0.15, 0.2) is 11.5 Å². The molecule has 1 N–H and O–H groups in total. The maximum absolute atomic E-state index is 5.07. The van der Waals surface area contributed by atoms with E-state index in [0.29, 0.717) is 12.4 Å². The largest absolute Gasteiger partial charge is 0.377 e. The van der Waals surface area contributed by atoms with Crippen molar-refractivity contribution in [2.75, 3.05) is 19.0 Å². The first kappa shape index (κ1) is 11.8. The minimum atomic E-state index is 0.405. The Kier molecular flexibility index (Phi) is 3.53. The Morgan fingerprint density at radius 1 is 1.41 bits per heavy atom. The molecule has 0 aliphatic carbocycles. The van der Waals surface area contributed by atoms with E-state index in [2.05, 4.69) is 27.3 Å². The van der Waals surface area contributed by atoms with Crippen LogP contribution in [0.25, 0.3) is 11.0 Å². The standard InChI is InChI=1S/C11H17N5O/c1-4-5-12-10-8-6-13-16(2)11(8)15-9(14-10)7-17-3/h6H,4-5,7H2,1-3H3,(H,12,14,15). The molecule has 0 saturated heterocycles. The van der Waals surface area contributed by atoms with E-state index < -0.39 is 0 Å². The average Bonchev–Trinajstić information content (AvgIpc) is 2.69. The van der Waals surface area contributed by atoms with Crippen LogP contribution in [-0.2, 0) is 18.4 Å². The lowest BCUT2D eigenvalue weighted by Gasteiger charge is -2.07. The average molecular weight is 235 g/mol. The van der Waals surface area contributed by atoms with Gasteiger partial charge in [0, 0.05) is 20.7 Å². The number of aromatic nitrogens is 4. The SMILES string of the molecule is CCCNc1nc(COC)nc2c1cnn2C. The van der Waals surface area contributed by atoms with Crippen LogP contribution >= 0.6 is 0 Å². The van der Waals surface area contributed by atoms with Gasteiger partial charge in [-0.2, -0.15) is 5.10 Å². The van der Waals surface area contributed by atoms with Crippen molar-refractivity contribution in [2.24, 2.45) is 7.05 Å². The minimum absolute atomic E-state index is 0.405. The van der Waals surface area contributed by atoms with Gasteiger partial charge >= 0.3 is 0 Å². The van der Waals surface area contributed by atoms with E-state index in [4.69, 9.17) is 4.74 Å². The molecule has 6 nitrogen and oxygen atoms in total. The zero-order valence-corrected chi connectivity index (χ0v) is 10.4. The lowest BCUT2D eigenvalue weighted by atomic mass is 10.3. The maximum Gasteiger partial charge on any atom is 0.163 e. The van der Waals surface area contributed by atoms with Crippen LogP contribution in [-0.4, -0.2) is 33.4 Å². The van der Waals surface area contributed by atoms with Crippen LogP contribution in [0, 0.1) is 0 Å². The number of methoxy groups -OCH3 is 1. The lowest BCUT2D eigenvalue weighted by Crippen LogP contribution is -2.07. The molecule has 0 radical (unpaired) electrons. The summed E-state index contributed by atoms with van der Waals surface area (Å²) in [5.74, 6) is 1.50. The summed E-state index contributed by atoms with van der Waals surface area (Å²) in [6, 6.07) is 0. The number of nitrogens with one attached hydrogen (secondary N) is 1. The second kappa shape index (κ2) is 5.09. The molecule has 2 heterocycles. The Labute approximate surface area is 100 Å². The van der Waals surface area contributed by atoms with E-state index >= 15 is 0 Å². The highest BCUT2D eigenvalue weighted by Crippen LogP contribution is 2.19. The molecule has 2 rings (SSSR count). The predicted molar refractivity (Wildman–Crippen MR) is 65.8 cm³/mol. The predicted octanol–water partition coefficient (Wildman–Crippen LogP) is 1.33. The van der Waals surface area contributed by atoms with Gasteiger partial charge in [0.2, 0.25) is 0 Å². The fourth-order valence-corrected chi connectivity index (χ4v) is 1.64. The van der Waals surface area contributed by atoms with Crippen molar-refractivity contribution in [3.05, 3.63) is 12.0 Å². The summed E-state index contributed by atoms with van der Waals surface area (Å²) in [6.07, 6.45) is 2.83. The van der Waals surface area contributed by atoms with Gasteiger partial charge in [-0.1, -0.05) is 6.92 Å². The van der Waals surface area contributed by atoms with E-state index in [1.165, 1.54) is 0 Å². The highest BCUT2D eigenvalue weighted by atomic mass is 16.5. The molecule has 0 bridgehead atoms. The van der Waals surface area contributed by atoms with Crippen molar-refractivity contribution >= 4 is 16.9 Å². The summed E-state index contributed by atoms with van der Waals surface area (Å²) >= 11 is 0. The third-order valence-corrected chi connectivity index (χ3v) is 2.45. The first-order valence-corrected chi connectivity index (χ1v) is 5.67. The molecule has 0 aliphatic rings. The molecule has 2 aromatic rings. The van der Waals surface area contributed by atoms with Crippen LogP contribution in [0.5, 0.6) is 0 Å². The summed E-state index contributed by atoms with van der Waals surface area (Å²) in [4.78, 5) is 8.86. The molecule has 0 fully saturated rings.